The average molecular weight is 280 g/mol. The van der Waals surface area contributed by atoms with Crippen LogP contribution in [0.4, 0.5) is 5.69 Å². The minimum atomic E-state index is 0.0858. The molecule has 0 heterocycles. The number of nitrogens with two attached hydrogens (primary N) is 1. The molecular formula is C15H24N2O3. The van der Waals surface area contributed by atoms with Crippen molar-refractivity contribution in [3.05, 3.63) is 24.3 Å². The molecule has 1 amide bonds. The Morgan fingerprint density at radius 1 is 1.20 bits per heavy atom. The van der Waals surface area contributed by atoms with Crippen molar-refractivity contribution in [1.29, 1.82) is 0 Å². The summed E-state index contributed by atoms with van der Waals surface area (Å²) in [5, 5.41) is 0. The second-order valence-corrected chi connectivity index (χ2v) is 4.34. The highest BCUT2D eigenvalue weighted by atomic mass is 16.5. The van der Waals surface area contributed by atoms with Crippen molar-refractivity contribution in [2.24, 2.45) is 0 Å². The number of carbonyl (C=O) groups is 1. The summed E-state index contributed by atoms with van der Waals surface area (Å²) in [6, 6.07) is 7.15. The van der Waals surface area contributed by atoms with Gasteiger partial charge >= 0.3 is 0 Å². The molecule has 2 N–H and O–H groups in total. The topological polar surface area (TPSA) is 64.8 Å². The third-order valence-corrected chi connectivity index (χ3v) is 2.91. The highest BCUT2D eigenvalue weighted by Gasteiger charge is 2.11. The van der Waals surface area contributed by atoms with E-state index in [0.29, 0.717) is 45.0 Å². The van der Waals surface area contributed by atoms with E-state index in [0.717, 1.165) is 5.75 Å². The van der Waals surface area contributed by atoms with E-state index in [9.17, 15) is 4.79 Å². The Morgan fingerprint density at radius 2 is 1.90 bits per heavy atom. The van der Waals surface area contributed by atoms with E-state index in [1.807, 2.05) is 13.8 Å². The molecule has 0 aromatic heterocycles. The lowest BCUT2D eigenvalue weighted by atomic mass is 10.3. The fourth-order valence-electron chi connectivity index (χ4n) is 1.76. The molecule has 112 valence electrons. The molecule has 1 rings (SSSR count). The Kier molecular flexibility index (Phi) is 7.50. The Balaban J connectivity index is 2.28. The standard InChI is InChI=1S/C15H24N2O3/c1-3-17(10-12-19-4-2)15(18)9-11-20-14-7-5-13(16)6-8-14/h5-8H,3-4,9-12,16H2,1-2H3. The van der Waals surface area contributed by atoms with Gasteiger partial charge < -0.3 is 20.1 Å². The summed E-state index contributed by atoms with van der Waals surface area (Å²) in [6.45, 7) is 6.84. The van der Waals surface area contributed by atoms with Crippen LogP contribution in [0.3, 0.4) is 0 Å². The van der Waals surface area contributed by atoms with Gasteiger partial charge in [-0.15, -0.1) is 0 Å². The smallest absolute Gasteiger partial charge is 0.226 e. The Bertz CT molecular complexity index is 393. The molecule has 0 saturated carbocycles. The number of hydrogen-bond acceptors (Lipinski definition) is 4. The van der Waals surface area contributed by atoms with Crippen LogP contribution in [0, 0.1) is 0 Å². The van der Waals surface area contributed by atoms with Gasteiger partial charge in [-0.25, -0.2) is 0 Å². The normalized spacial score (nSPS) is 10.3. The highest BCUT2D eigenvalue weighted by Crippen LogP contribution is 2.13. The van der Waals surface area contributed by atoms with Gasteiger partial charge in [0.25, 0.3) is 0 Å². The molecule has 0 aliphatic rings. The maximum absolute atomic E-state index is 12.0. The maximum atomic E-state index is 12.0. The predicted molar refractivity (Wildman–Crippen MR) is 79.7 cm³/mol. The van der Waals surface area contributed by atoms with Crippen LogP contribution in [0.2, 0.25) is 0 Å². The van der Waals surface area contributed by atoms with Crippen LogP contribution in [-0.4, -0.2) is 43.7 Å². The molecule has 0 unspecified atom stereocenters. The van der Waals surface area contributed by atoms with Gasteiger partial charge in [-0.1, -0.05) is 0 Å². The van der Waals surface area contributed by atoms with Gasteiger partial charge in [0.15, 0.2) is 0 Å². The van der Waals surface area contributed by atoms with Crippen molar-refractivity contribution < 1.29 is 14.3 Å². The molecule has 0 aliphatic heterocycles. The summed E-state index contributed by atoms with van der Waals surface area (Å²) in [5.41, 5.74) is 6.29. The summed E-state index contributed by atoms with van der Waals surface area (Å²) in [4.78, 5) is 13.8. The number of rotatable bonds is 9. The maximum Gasteiger partial charge on any atom is 0.226 e. The Labute approximate surface area is 120 Å². The fraction of sp³-hybridized carbons (Fsp3) is 0.533. The predicted octanol–water partition coefficient (Wildman–Crippen LogP) is 1.92. The minimum absolute atomic E-state index is 0.0858. The molecule has 0 saturated heterocycles. The molecule has 0 radical (unpaired) electrons. The van der Waals surface area contributed by atoms with Crippen molar-refractivity contribution >= 4 is 11.6 Å². The molecule has 5 nitrogen and oxygen atoms in total. The molecule has 0 bridgehead atoms. The first-order valence-electron chi connectivity index (χ1n) is 7.01. The summed E-state index contributed by atoms with van der Waals surface area (Å²) >= 11 is 0. The van der Waals surface area contributed by atoms with Gasteiger partial charge in [0.2, 0.25) is 5.91 Å². The largest absolute Gasteiger partial charge is 0.493 e. The van der Waals surface area contributed by atoms with Crippen molar-refractivity contribution in [2.45, 2.75) is 20.3 Å². The molecule has 0 fully saturated rings. The van der Waals surface area contributed by atoms with E-state index in [1.165, 1.54) is 0 Å². The number of benzene rings is 1. The number of amides is 1. The molecule has 5 heteroatoms. The molecule has 1 aromatic rings. The van der Waals surface area contributed by atoms with Crippen molar-refractivity contribution in [3.63, 3.8) is 0 Å². The Morgan fingerprint density at radius 3 is 2.50 bits per heavy atom. The lowest BCUT2D eigenvalue weighted by Gasteiger charge is -2.20. The Hall–Kier alpha value is -1.75. The number of ether oxygens (including phenoxy) is 2. The number of anilines is 1. The van der Waals surface area contributed by atoms with Crippen LogP contribution >= 0.6 is 0 Å². The first-order chi connectivity index (χ1) is 9.67. The lowest BCUT2D eigenvalue weighted by Crippen LogP contribution is -2.34. The van der Waals surface area contributed by atoms with E-state index >= 15 is 0 Å². The van der Waals surface area contributed by atoms with Gasteiger partial charge in [-0.2, -0.15) is 0 Å². The zero-order chi connectivity index (χ0) is 14.8. The van der Waals surface area contributed by atoms with Gasteiger partial charge in [0.05, 0.1) is 19.6 Å². The van der Waals surface area contributed by atoms with Crippen LogP contribution in [0.15, 0.2) is 24.3 Å². The van der Waals surface area contributed by atoms with E-state index in [4.69, 9.17) is 15.2 Å². The SMILES string of the molecule is CCOCCN(CC)C(=O)CCOc1ccc(N)cc1. The molecular weight excluding hydrogens is 256 g/mol. The van der Waals surface area contributed by atoms with Crippen LogP contribution in [-0.2, 0) is 9.53 Å². The second-order valence-electron chi connectivity index (χ2n) is 4.34. The zero-order valence-corrected chi connectivity index (χ0v) is 12.3. The van der Waals surface area contributed by atoms with Crippen LogP contribution in [0.25, 0.3) is 0 Å². The third-order valence-electron chi connectivity index (χ3n) is 2.91. The van der Waals surface area contributed by atoms with Gasteiger partial charge in [-0.05, 0) is 38.1 Å². The second kappa shape index (κ2) is 9.20. The van der Waals surface area contributed by atoms with Gasteiger partial charge in [0.1, 0.15) is 5.75 Å². The lowest BCUT2D eigenvalue weighted by molar-refractivity contribution is -0.132. The summed E-state index contributed by atoms with van der Waals surface area (Å²) < 4.78 is 10.8. The van der Waals surface area contributed by atoms with Crippen molar-refractivity contribution in [2.75, 3.05) is 38.6 Å². The number of carbonyl (C=O) groups excluding carboxylic acids is 1. The van der Waals surface area contributed by atoms with Crippen molar-refractivity contribution in [1.82, 2.24) is 4.90 Å². The molecule has 20 heavy (non-hydrogen) atoms. The number of nitrogens with zero attached hydrogens (tertiary/aromatic N) is 1. The summed E-state index contributed by atoms with van der Waals surface area (Å²) in [5.74, 6) is 0.812. The quantitative estimate of drug-likeness (QED) is 0.554. The van der Waals surface area contributed by atoms with Crippen LogP contribution < -0.4 is 10.5 Å². The van der Waals surface area contributed by atoms with Crippen LogP contribution in [0.5, 0.6) is 5.75 Å². The number of hydrogen-bond donors (Lipinski definition) is 1. The number of nitrogen functional groups attached to an aromatic ring is 1. The summed E-state index contributed by atoms with van der Waals surface area (Å²) in [7, 11) is 0. The summed E-state index contributed by atoms with van der Waals surface area (Å²) in [6.07, 6.45) is 0.365. The molecule has 1 aromatic carbocycles. The molecule has 0 spiro atoms. The molecule has 0 atom stereocenters. The minimum Gasteiger partial charge on any atom is -0.493 e. The van der Waals surface area contributed by atoms with Crippen LogP contribution in [0.1, 0.15) is 20.3 Å². The first-order valence-corrected chi connectivity index (χ1v) is 7.01. The van der Waals surface area contributed by atoms with E-state index in [2.05, 4.69) is 0 Å². The highest BCUT2D eigenvalue weighted by molar-refractivity contribution is 5.76. The average Bonchev–Trinajstić information content (AvgIpc) is 2.45. The van der Waals surface area contributed by atoms with Crippen molar-refractivity contribution in [3.8, 4) is 5.75 Å². The third kappa shape index (κ3) is 5.93. The van der Waals surface area contributed by atoms with Gasteiger partial charge in [-0.3, -0.25) is 4.79 Å². The van der Waals surface area contributed by atoms with E-state index < -0.39 is 0 Å². The van der Waals surface area contributed by atoms with Gasteiger partial charge in [0, 0.05) is 25.4 Å². The monoisotopic (exact) mass is 280 g/mol. The van der Waals surface area contributed by atoms with E-state index in [1.54, 1.807) is 29.2 Å². The fourth-order valence-corrected chi connectivity index (χ4v) is 1.76. The van der Waals surface area contributed by atoms with E-state index in [-0.39, 0.29) is 5.91 Å². The first kappa shape index (κ1) is 16.3. The number of likely N-dealkylation sites (N-methyl/N-ethyl adjacent to an activating group) is 1. The molecule has 0 aliphatic carbocycles. The zero-order valence-electron chi connectivity index (χ0n) is 12.3.